The van der Waals surface area contributed by atoms with Gasteiger partial charge in [-0.25, -0.2) is 4.39 Å². The quantitative estimate of drug-likeness (QED) is 0.734. The Morgan fingerprint density at radius 3 is 2.44 bits per heavy atom. The summed E-state index contributed by atoms with van der Waals surface area (Å²) in [5.74, 6) is 0.151. The molecule has 1 aliphatic rings. The third kappa shape index (κ3) is 1.45. The van der Waals surface area contributed by atoms with E-state index in [9.17, 15) is 9.18 Å². The van der Waals surface area contributed by atoms with Crippen molar-refractivity contribution in [1.82, 2.24) is 0 Å². The van der Waals surface area contributed by atoms with Gasteiger partial charge >= 0.3 is 0 Å². The Balaban J connectivity index is 2.63. The molecule has 0 heterocycles. The maximum Gasteiger partial charge on any atom is 0.165 e. The Kier molecular flexibility index (Phi) is 2.58. The van der Waals surface area contributed by atoms with Crippen molar-refractivity contribution in [1.29, 1.82) is 0 Å². The molecule has 1 fully saturated rings. The Morgan fingerprint density at radius 2 is 2.00 bits per heavy atom. The third-order valence-corrected chi connectivity index (χ3v) is 3.01. The molecule has 0 saturated heterocycles. The first-order valence-corrected chi connectivity index (χ1v) is 5.06. The Labute approximate surface area is 93.2 Å². The van der Waals surface area contributed by atoms with Gasteiger partial charge in [0.25, 0.3) is 0 Å². The second-order valence-electron chi connectivity index (χ2n) is 3.93. The van der Waals surface area contributed by atoms with Gasteiger partial charge in [0.05, 0.1) is 25.2 Å². The second-order valence-corrected chi connectivity index (χ2v) is 3.93. The summed E-state index contributed by atoms with van der Waals surface area (Å²) in [4.78, 5) is 11.1. The summed E-state index contributed by atoms with van der Waals surface area (Å²) < 4.78 is 23.8. The molecular weight excluding hydrogens is 211 g/mol. The van der Waals surface area contributed by atoms with Crippen LogP contribution < -0.4 is 9.47 Å². The van der Waals surface area contributed by atoms with Gasteiger partial charge in [-0.2, -0.15) is 0 Å². The van der Waals surface area contributed by atoms with Gasteiger partial charge in [0.15, 0.2) is 11.6 Å². The highest BCUT2D eigenvalue weighted by molar-refractivity contribution is 5.77. The van der Waals surface area contributed by atoms with Crippen molar-refractivity contribution in [3.63, 3.8) is 0 Å². The van der Waals surface area contributed by atoms with Gasteiger partial charge in [-0.05, 0) is 25.0 Å². The number of carbonyl (C=O) groups is 1. The molecule has 1 aromatic rings. The zero-order valence-electron chi connectivity index (χ0n) is 9.25. The van der Waals surface area contributed by atoms with Crippen molar-refractivity contribution in [2.45, 2.75) is 18.3 Å². The molecule has 0 bridgehead atoms. The summed E-state index contributed by atoms with van der Waals surface area (Å²) in [7, 11) is 2.89. The van der Waals surface area contributed by atoms with Gasteiger partial charge < -0.3 is 14.3 Å². The van der Waals surface area contributed by atoms with Crippen molar-refractivity contribution < 1.29 is 18.7 Å². The molecule has 0 spiro atoms. The van der Waals surface area contributed by atoms with Crippen LogP contribution in [-0.2, 0) is 10.2 Å². The van der Waals surface area contributed by atoms with Crippen LogP contribution in [0.25, 0.3) is 0 Å². The van der Waals surface area contributed by atoms with Crippen LogP contribution in [-0.4, -0.2) is 20.5 Å². The Hall–Kier alpha value is -1.58. The van der Waals surface area contributed by atoms with Crippen molar-refractivity contribution in [2.75, 3.05) is 14.2 Å². The third-order valence-electron chi connectivity index (χ3n) is 3.01. The van der Waals surface area contributed by atoms with Crippen LogP contribution in [0.2, 0.25) is 0 Å². The number of hydrogen-bond acceptors (Lipinski definition) is 3. The molecule has 1 saturated carbocycles. The van der Waals surface area contributed by atoms with Gasteiger partial charge in [0.1, 0.15) is 12.0 Å². The molecule has 16 heavy (non-hydrogen) atoms. The molecule has 0 aliphatic heterocycles. The molecular formula is C12H13FO3. The average Bonchev–Trinajstić information content (AvgIpc) is 3.09. The number of aldehydes is 1. The fraction of sp³-hybridized carbons (Fsp3) is 0.417. The molecule has 2 rings (SSSR count). The zero-order chi connectivity index (χ0) is 11.8. The van der Waals surface area contributed by atoms with Crippen LogP contribution in [0, 0.1) is 5.82 Å². The first kappa shape index (κ1) is 10.9. The number of halogens is 1. The van der Waals surface area contributed by atoms with E-state index in [1.807, 2.05) is 0 Å². The van der Waals surface area contributed by atoms with Gasteiger partial charge in [-0.3, -0.25) is 0 Å². The lowest BCUT2D eigenvalue weighted by atomic mass is 9.95. The van der Waals surface area contributed by atoms with E-state index in [4.69, 9.17) is 9.47 Å². The highest BCUT2D eigenvalue weighted by atomic mass is 19.1. The van der Waals surface area contributed by atoms with E-state index in [0.29, 0.717) is 24.2 Å². The molecule has 1 aromatic carbocycles. The normalized spacial score (nSPS) is 16.7. The highest BCUT2D eigenvalue weighted by Gasteiger charge is 2.49. The molecule has 86 valence electrons. The van der Waals surface area contributed by atoms with E-state index in [1.54, 1.807) is 0 Å². The SMILES string of the molecule is COc1ccc(F)c(OC)c1C1(C=O)CC1. The van der Waals surface area contributed by atoms with E-state index in [-0.39, 0.29) is 5.75 Å². The molecule has 0 atom stereocenters. The summed E-state index contributed by atoms with van der Waals surface area (Å²) in [6.45, 7) is 0. The fourth-order valence-corrected chi connectivity index (χ4v) is 1.94. The van der Waals surface area contributed by atoms with Gasteiger partial charge in [0.2, 0.25) is 0 Å². The largest absolute Gasteiger partial charge is 0.496 e. The van der Waals surface area contributed by atoms with Crippen molar-refractivity contribution >= 4 is 6.29 Å². The van der Waals surface area contributed by atoms with E-state index < -0.39 is 11.2 Å². The minimum atomic E-state index is -0.612. The molecule has 0 amide bonds. The number of methoxy groups -OCH3 is 2. The highest BCUT2D eigenvalue weighted by Crippen LogP contribution is 2.53. The predicted molar refractivity (Wildman–Crippen MR) is 56.5 cm³/mol. The second kappa shape index (κ2) is 3.77. The number of benzene rings is 1. The summed E-state index contributed by atoms with van der Waals surface area (Å²) in [5, 5.41) is 0. The lowest BCUT2D eigenvalue weighted by molar-refractivity contribution is -0.109. The molecule has 0 aromatic heterocycles. The van der Waals surface area contributed by atoms with Gasteiger partial charge in [-0.15, -0.1) is 0 Å². The molecule has 3 nitrogen and oxygen atoms in total. The number of ether oxygens (including phenoxy) is 2. The van der Waals surface area contributed by atoms with Crippen molar-refractivity contribution in [3.8, 4) is 11.5 Å². The van der Waals surface area contributed by atoms with Gasteiger partial charge in [-0.1, -0.05) is 0 Å². The van der Waals surface area contributed by atoms with Crippen molar-refractivity contribution in [3.05, 3.63) is 23.5 Å². The minimum absolute atomic E-state index is 0.115. The van der Waals surface area contributed by atoms with E-state index >= 15 is 0 Å². The predicted octanol–water partition coefficient (Wildman–Crippen LogP) is 2.07. The number of rotatable bonds is 4. The molecule has 1 aliphatic carbocycles. The van der Waals surface area contributed by atoms with E-state index in [2.05, 4.69) is 0 Å². The lowest BCUT2D eigenvalue weighted by Crippen LogP contribution is -2.12. The Bertz CT molecular complexity index is 425. The smallest absolute Gasteiger partial charge is 0.165 e. The van der Waals surface area contributed by atoms with Crippen LogP contribution in [0.3, 0.4) is 0 Å². The van der Waals surface area contributed by atoms with Crippen molar-refractivity contribution in [2.24, 2.45) is 0 Å². The maximum absolute atomic E-state index is 13.6. The fourth-order valence-electron chi connectivity index (χ4n) is 1.94. The van der Waals surface area contributed by atoms with Crippen LogP contribution in [0.4, 0.5) is 4.39 Å². The van der Waals surface area contributed by atoms with E-state index in [1.165, 1.54) is 26.4 Å². The average molecular weight is 224 g/mol. The summed E-state index contributed by atoms with van der Waals surface area (Å²) in [6, 6.07) is 2.80. The number of hydrogen-bond donors (Lipinski definition) is 0. The molecule has 4 heteroatoms. The van der Waals surface area contributed by atoms with Crippen LogP contribution in [0.1, 0.15) is 18.4 Å². The van der Waals surface area contributed by atoms with Crippen LogP contribution in [0.15, 0.2) is 12.1 Å². The standard InChI is InChI=1S/C12H13FO3/c1-15-9-4-3-8(13)11(16-2)10(9)12(7-14)5-6-12/h3-4,7H,5-6H2,1-2H3. The number of carbonyl (C=O) groups excluding carboxylic acids is 1. The minimum Gasteiger partial charge on any atom is -0.496 e. The summed E-state index contributed by atoms with van der Waals surface area (Å²) in [5.41, 5.74) is -0.0776. The first-order valence-electron chi connectivity index (χ1n) is 5.06. The topological polar surface area (TPSA) is 35.5 Å². The van der Waals surface area contributed by atoms with Crippen LogP contribution in [0.5, 0.6) is 11.5 Å². The first-order chi connectivity index (χ1) is 7.68. The monoisotopic (exact) mass is 224 g/mol. The molecule has 0 unspecified atom stereocenters. The summed E-state index contributed by atoms with van der Waals surface area (Å²) >= 11 is 0. The van der Waals surface area contributed by atoms with Gasteiger partial charge in [0, 0.05) is 0 Å². The zero-order valence-corrected chi connectivity index (χ0v) is 9.25. The summed E-state index contributed by atoms with van der Waals surface area (Å²) in [6.07, 6.45) is 2.28. The lowest BCUT2D eigenvalue weighted by Gasteiger charge is -2.17. The van der Waals surface area contributed by atoms with Crippen LogP contribution >= 0.6 is 0 Å². The maximum atomic E-state index is 13.6. The molecule has 0 N–H and O–H groups in total. The van der Waals surface area contributed by atoms with E-state index in [0.717, 1.165) is 6.29 Å². The Morgan fingerprint density at radius 1 is 1.31 bits per heavy atom. The molecule has 0 radical (unpaired) electrons.